The Balaban J connectivity index is 1.95. The van der Waals surface area contributed by atoms with Gasteiger partial charge in [0.15, 0.2) is 0 Å². The molecule has 3 nitrogen and oxygen atoms in total. The van der Waals surface area contributed by atoms with Crippen molar-refractivity contribution in [2.75, 3.05) is 18.1 Å². The van der Waals surface area contributed by atoms with Crippen molar-refractivity contribution in [2.45, 2.75) is 39.0 Å². The lowest BCUT2D eigenvalue weighted by molar-refractivity contribution is 0.306. The first-order valence-electron chi connectivity index (χ1n) is 8.04. The molecule has 0 bridgehead atoms. The van der Waals surface area contributed by atoms with Gasteiger partial charge in [0.05, 0.1) is 12.3 Å². The van der Waals surface area contributed by atoms with Gasteiger partial charge in [-0.25, -0.2) is 0 Å². The van der Waals surface area contributed by atoms with Gasteiger partial charge in [-0.1, -0.05) is 44.4 Å². The average molecular weight is 298 g/mol. The molecular weight excluding hydrogens is 272 g/mol. The number of rotatable bonds is 8. The third kappa shape index (κ3) is 4.99. The molecule has 0 spiro atoms. The van der Waals surface area contributed by atoms with Gasteiger partial charge in [-0.2, -0.15) is 0 Å². The van der Waals surface area contributed by atoms with Crippen LogP contribution < -0.4 is 16.2 Å². The van der Waals surface area contributed by atoms with Crippen molar-refractivity contribution in [3.63, 3.8) is 0 Å². The van der Waals surface area contributed by atoms with E-state index in [4.69, 9.17) is 16.2 Å². The quantitative estimate of drug-likeness (QED) is 0.561. The normalized spacial score (nSPS) is 10.6. The highest BCUT2D eigenvalue weighted by atomic mass is 16.5. The molecule has 0 saturated heterocycles. The van der Waals surface area contributed by atoms with Crippen LogP contribution in [-0.2, 0) is 6.42 Å². The van der Waals surface area contributed by atoms with E-state index in [0.717, 1.165) is 30.9 Å². The van der Waals surface area contributed by atoms with Gasteiger partial charge in [-0.05, 0) is 48.2 Å². The van der Waals surface area contributed by atoms with Gasteiger partial charge in [-0.15, -0.1) is 0 Å². The van der Waals surface area contributed by atoms with Gasteiger partial charge in [0.25, 0.3) is 0 Å². The molecule has 118 valence electrons. The zero-order valence-electron chi connectivity index (χ0n) is 13.3. The van der Waals surface area contributed by atoms with Gasteiger partial charge in [0.1, 0.15) is 5.75 Å². The molecular formula is C19H26N2O. The summed E-state index contributed by atoms with van der Waals surface area (Å²) in [7, 11) is 0. The summed E-state index contributed by atoms with van der Waals surface area (Å²) in [5.41, 5.74) is 15.6. The number of benzene rings is 2. The number of anilines is 2. The van der Waals surface area contributed by atoms with Crippen LogP contribution in [0.5, 0.6) is 5.75 Å². The van der Waals surface area contributed by atoms with E-state index in [1.807, 2.05) is 24.3 Å². The molecule has 0 amide bonds. The molecule has 0 aliphatic heterocycles. The predicted molar refractivity (Wildman–Crippen MR) is 94.2 cm³/mol. The first-order valence-corrected chi connectivity index (χ1v) is 8.04. The summed E-state index contributed by atoms with van der Waals surface area (Å²) < 4.78 is 5.84. The lowest BCUT2D eigenvalue weighted by atomic mass is 10.0. The maximum absolute atomic E-state index is 6.00. The highest BCUT2D eigenvalue weighted by Gasteiger charge is 2.04. The predicted octanol–water partition coefficient (Wildman–Crippen LogP) is 4.40. The fourth-order valence-corrected chi connectivity index (χ4v) is 2.40. The van der Waals surface area contributed by atoms with E-state index in [9.17, 15) is 0 Å². The third-order valence-corrected chi connectivity index (χ3v) is 3.72. The Morgan fingerprint density at radius 1 is 0.864 bits per heavy atom. The largest absolute Gasteiger partial charge is 0.491 e. The van der Waals surface area contributed by atoms with E-state index in [1.165, 1.54) is 30.4 Å². The van der Waals surface area contributed by atoms with Crippen molar-refractivity contribution >= 4 is 11.4 Å². The van der Waals surface area contributed by atoms with E-state index in [0.29, 0.717) is 5.69 Å². The van der Waals surface area contributed by atoms with Crippen LogP contribution in [0.2, 0.25) is 0 Å². The van der Waals surface area contributed by atoms with Crippen LogP contribution in [0, 0.1) is 0 Å². The fraction of sp³-hybridized carbons (Fsp3) is 0.368. The summed E-state index contributed by atoms with van der Waals surface area (Å²) in [6.07, 6.45) is 5.64. The Morgan fingerprint density at radius 3 is 2.32 bits per heavy atom. The lowest BCUT2D eigenvalue weighted by Crippen LogP contribution is -2.01. The highest BCUT2D eigenvalue weighted by molar-refractivity contribution is 5.54. The number of hydrogen-bond donors (Lipinski definition) is 2. The summed E-state index contributed by atoms with van der Waals surface area (Å²) in [6, 6.07) is 14.0. The summed E-state index contributed by atoms with van der Waals surface area (Å²) >= 11 is 0. The smallest absolute Gasteiger partial charge is 0.142 e. The van der Waals surface area contributed by atoms with Crippen LogP contribution in [0.3, 0.4) is 0 Å². The second-order valence-electron chi connectivity index (χ2n) is 5.70. The molecule has 2 aromatic rings. The van der Waals surface area contributed by atoms with Crippen LogP contribution in [0.1, 0.15) is 43.7 Å². The van der Waals surface area contributed by atoms with Crippen molar-refractivity contribution in [1.82, 2.24) is 0 Å². The number of unbranched alkanes of at least 4 members (excludes halogenated alkanes) is 3. The van der Waals surface area contributed by atoms with Gasteiger partial charge >= 0.3 is 0 Å². The molecule has 2 rings (SSSR count). The molecule has 0 unspecified atom stereocenters. The standard InChI is InChI=1S/C19H26N2O/c1-2-3-4-5-12-22-19-14-16(8-11-18(19)21)13-15-6-9-17(20)10-7-15/h6-11,14H,2-5,12-13,20-21H2,1H3. The van der Waals surface area contributed by atoms with Crippen molar-refractivity contribution in [1.29, 1.82) is 0 Å². The zero-order chi connectivity index (χ0) is 15.8. The number of ether oxygens (including phenoxy) is 1. The Morgan fingerprint density at radius 2 is 1.59 bits per heavy atom. The monoisotopic (exact) mass is 298 g/mol. The molecule has 3 heteroatoms. The molecule has 22 heavy (non-hydrogen) atoms. The molecule has 0 saturated carbocycles. The molecule has 0 atom stereocenters. The minimum atomic E-state index is 0.705. The van der Waals surface area contributed by atoms with E-state index < -0.39 is 0 Å². The average Bonchev–Trinajstić information content (AvgIpc) is 2.52. The van der Waals surface area contributed by atoms with Gasteiger partial charge in [0.2, 0.25) is 0 Å². The minimum absolute atomic E-state index is 0.705. The number of hydrogen-bond acceptors (Lipinski definition) is 3. The molecule has 0 aliphatic rings. The van der Waals surface area contributed by atoms with E-state index >= 15 is 0 Å². The molecule has 0 heterocycles. The first kappa shape index (κ1) is 16.2. The Labute approximate surface area is 133 Å². The number of nitrogen functional groups attached to an aromatic ring is 2. The van der Waals surface area contributed by atoms with E-state index in [2.05, 4.69) is 25.1 Å². The van der Waals surface area contributed by atoms with E-state index in [-0.39, 0.29) is 0 Å². The lowest BCUT2D eigenvalue weighted by Gasteiger charge is -2.11. The SMILES string of the molecule is CCCCCCOc1cc(Cc2ccc(N)cc2)ccc1N. The molecule has 4 N–H and O–H groups in total. The van der Waals surface area contributed by atoms with Crippen LogP contribution >= 0.6 is 0 Å². The summed E-state index contributed by atoms with van der Waals surface area (Å²) in [5, 5.41) is 0. The maximum atomic E-state index is 6.00. The van der Waals surface area contributed by atoms with Crippen molar-refractivity contribution in [3.8, 4) is 5.75 Å². The molecule has 0 aliphatic carbocycles. The van der Waals surface area contributed by atoms with Crippen LogP contribution in [0.15, 0.2) is 42.5 Å². The first-order chi connectivity index (χ1) is 10.7. The second-order valence-corrected chi connectivity index (χ2v) is 5.70. The van der Waals surface area contributed by atoms with E-state index in [1.54, 1.807) is 0 Å². The number of nitrogens with two attached hydrogens (primary N) is 2. The molecule has 2 aromatic carbocycles. The zero-order valence-corrected chi connectivity index (χ0v) is 13.3. The Bertz CT molecular complexity index is 578. The van der Waals surface area contributed by atoms with Crippen LogP contribution in [-0.4, -0.2) is 6.61 Å². The summed E-state index contributed by atoms with van der Waals surface area (Å²) in [5.74, 6) is 0.796. The summed E-state index contributed by atoms with van der Waals surface area (Å²) in [4.78, 5) is 0. The molecule has 0 aromatic heterocycles. The van der Waals surface area contributed by atoms with Gasteiger partial charge < -0.3 is 16.2 Å². The fourth-order valence-electron chi connectivity index (χ4n) is 2.40. The van der Waals surface area contributed by atoms with Gasteiger partial charge in [-0.3, -0.25) is 0 Å². The second kappa shape index (κ2) is 8.32. The third-order valence-electron chi connectivity index (χ3n) is 3.72. The van der Waals surface area contributed by atoms with Crippen molar-refractivity contribution in [2.24, 2.45) is 0 Å². The van der Waals surface area contributed by atoms with Crippen LogP contribution in [0.25, 0.3) is 0 Å². The minimum Gasteiger partial charge on any atom is -0.491 e. The Kier molecular flexibility index (Phi) is 6.13. The maximum Gasteiger partial charge on any atom is 0.142 e. The molecule has 0 radical (unpaired) electrons. The van der Waals surface area contributed by atoms with Crippen LogP contribution in [0.4, 0.5) is 11.4 Å². The Hall–Kier alpha value is -2.16. The van der Waals surface area contributed by atoms with Crippen molar-refractivity contribution < 1.29 is 4.74 Å². The summed E-state index contributed by atoms with van der Waals surface area (Å²) in [6.45, 7) is 2.94. The topological polar surface area (TPSA) is 61.3 Å². The van der Waals surface area contributed by atoms with Crippen molar-refractivity contribution in [3.05, 3.63) is 53.6 Å². The highest BCUT2D eigenvalue weighted by Crippen LogP contribution is 2.24. The van der Waals surface area contributed by atoms with Gasteiger partial charge in [0, 0.05) is 5.69 Å². The molecule has 0 fully saturated rings.